The summed E-state index contributed by atoms with van der Waals surface area (Å²) in [6, 6.07) is 6.89. The molecule has 1 amide bonds. The van der Waals surface area contributed by atoms with E-state index in [-0.39, 0.29) is 37.3 Å². The second kappa shape index (κ2) is 11.5. The van der Waals surface area contributed by atoms with Gasteiger partial charge in [0.05, 0.1) is 25.2 Å². The van der Waals surface area contributed by atoms with E-state index >= 15 is 0 Å². The second-order valence-electron chi connectivity index (χ2n) is 6.36. The molecule has 0 aliphatic rings. The molecule has 1 aromatic carbocycles. The molecule has 12 nitrogen and oxygen atoms in total. The van der Waals surface area contributed by atoms with Crippen molar-refractivity contribution in [1.29, 1.82) is 0 Å². The minimum Gasteiger partial charge on any atom is -0.497 e. The van der Waals surface area contributed by atoms with Crippen LogP contribution >= 0.6 is 0 Å². The van der Waals surface area contributed by atoms with Crippen molar-refractivity contribution >= 4 is 29.4 Å². The molecule has 0 unspecified atom stereocenters. The maximum absolute atomic E-state index is 12.7. The Morgan fingerprint density at radius 1 is 1.35 bits per heavy atom. The number of nitrogens with zero attached hydrogens (tertiary/aromatic N) is 4. The predicted octanol–water partition coefficient (Wildman–Crippen LogP) is 2.32. The topological polar surface area (TPSA) is 166 Å². The Kier molecular flexibility index (Phi) is 8.76. The molecule has 0 saturated heterocycles. The Bertz CT molecular complexity index is 909. The van der Waals surface area contributed by atoms with Gasteiger partial charge in [-0.3, -0.25) is 15.0 Å². The van der Waals surface area contributed by atoms with E-state index in [1.165, 1.54) is 7.11 Å². The van der Waals surface area contributed by atoms with Crippen molar-refractivity contribution in [2.75, 3.05) is 42.8 Å². The lowest BCUT2D eigenvalue weighted by molar-refractivity contribution is -0.383. The average Bonchev–Trinajstić information content (AvgIpc) is 2.74. The van der Waals surface area contributed by atoms with Crippen LogP contribution in [0.5, 0.6) is 5.75 Å². The van der Waals surface area contributed by atoms with Crippen molar-refractivity contribution in [3.8, 4) is 5.75 Å². The van der Waals surface area contributed by atoms with Crippen LogP contribution in [0.15, 0.2) is 24.3 Å². The van der Waals surface area contributed by atoms with Crippen molar-refractivity contribution in [1.82, 2.24) is 9.97 Å². The second-order valence-corrected chi connectivity index (χ2v) is 6.36. The Balaban J connectivity index is 2.49. The molecule has 168 valence electrons. The number of nitrogens with one attached hydrogen (secondary N) is 1. The fraction of sp³-hybridized carbons (Fsp3) is 0.421. The lowest BCUT2D eigenvalue weighted by Crippen LogP contribution is -2.33. The zero-order valence-corrected chi connectivity index (χ0v) is 17.4. The Hall–Kier alpha value is -3.67. The minimum absolute atomic E-state index is 0.0241. The summed E-state index contributed by atoms with van der Waals surface area (Å²) in [4.78, 5) is 32.8. The highest BCUT2D eigenvalue weighted by Crippen LogP contribution is 2.33. The summed E-state index contributed by atoms with van der Waals surface area (Å²) in [5, 5.41) is 23.5. The van der Waals surface area contributed by atoms with Crippen LogP contribution in [0.1, 0.15) is 25.3 Å². The van der Waals surface area contributed by atoms with E-state index in [2.05, 4.69) is 15.3 Å². The number of aliphatic hydroxyl groups excluding tert-OH is 1. The molecule has 1 aromatic heterocycles. The standard InChI is InChI=1S/C19H26N6O6/c1-3-31-19(27)24(12-13-7-6-8-14(11-13)30-2)17-15(25(28)29)16(20)22-18(23-17)21-9-4-5-10-26/h6-8,11,26H,3-5,9-10,12H2,1-2H3,(H3,20,21,22,23). The van der Waals surface area contributed by atoms with Gasteiger partial charge in [0.2, 0.25) is 17.6 Å². The van der Waals surface area contributed by atoms with E-state index in [1.54, 1.807) is 31.2 Å². The van der Waals surface area contributed by atoms with Gasteiger partial charge in [0.1, 0.15) is 5.75 Å². The van der Waals surface area contributed by atoms with Crippen LogP contribution in [-0.2, 0) is 11.3 Å². The number of nitrogens with two attached hydrogens (primary N) is 1. The first-order valence-electron chi connectivity index (χ1n) is 9.65. The number of anilines is 3. The number of nitrogen functional groups attached to an aromatic ring is 1. The van der Waals surface area contributed by atoms with Gasteiger partial charge in [-0.05, 0) is 37.5 Å². The molecule has 1 heterocycles. The average molecular weight is 434 g/mol. The van der Waals surface area contributed by atoms with E-state index in [9.17, 15) is 14.9 Å². The van der Waals surface area contributed by atoms with Gasteiger partial charge in [0, 0.05) is 13.2 Å². The molecule has 31 heavy (non-hydrogen) atoms. The SMILES string of the molecule is CCOC(=O)N(Cc1cccc(OC)c1)c1nc(NCCCCO)nc(N)c1[N+](=O)[O-]. The van der Waals surface area contributed by atoms with E-state index in [0.29, 0.717) is 30.7 Å². The highest BCUT2D eigenvalue weighted by molar-refractivity contribution is 5.91. The molecule has 0 fully saturated rings. The van der Waals surface area contributed by atoms with E-state index in [0.717, 1.165) is 4.90 Å². The van der Waals surface area contributed by atoms with Crippen LogP contribution in [0.2, 0.25) is 0 Å². The fourth-order valence-corrected chi connectivity index (χ4v) is 2.72. The number of methoxy groups -OCH3 is 1. The molecule has 2 aromatic rings. The van der Waals surface area contributed by atoms with Crippen LogP contribution in [0.3, 0.4) is 0 Å². The Labute approximate surface area is 179 Å². The monoisotopic (exact) mass is 434 g/mol. The van der Waals surface area contributed by atoms with Gasteiger partial charge in [-0.2, -0.15) is 9.97 Å². The number of hydrogen-bond acceptors (Lipinski definition) is 10. The highest BCUT2D eigenvalue weighted by atomic mass is 16.6. The molecule has 4 N–H and O–H groups in total. The normalized spacial score (nSPS) is 10.4. The number of ether oxygens (including phenoxy) is 2. The quantitative estimate of drug-likeness (QED) is 0.271. The van der Waals surface area contributed by atoms with E-state index in [4.69, 9.17) is 20.3 Å². The van der Waals surface area contributed by atoms with Crippen LogP contribution in [0, 0.1) is 10.1 Å². The molecule has 0 spiro atoms. The number of carbonyl (C=O) groups is 1. The summed E-state index contributed by atoms with van der Waals surface area (Å²) in [5.74, 6) is -0.0942. The maximum Gasteiger partial charge on any atom is 0.415 e. The third-order valence-corrected chi connectivity index (χ3v) is 4.16. The Morgan fingerprint density at radius 2 is 2.13 bits per heavy atom. The summed E-state index contributed by atoms with van der Waals surface area (Å²) >= 11 is 0. The fourth-order valence-electron chi connectivity index (χ4n) is 2.72. The van der Waals surface area contributed by atoms with Gasteiger partial charge in [0.15, 0.2) is 0 Å². The molecule has 0 aliphatic heterocycles. The first-order chi connectivity index (χ1) is 14.9. The molecule has 0 bridgehead atoms. The van der Waals surface area contributed by atoms with Crippen LogP contribution in [-0.4, -0.2) is 53.0 Å². The molecule has 0 aliphatic carbocycles. The Morgan fingerprint density at radius 3 is 2.77 bits per heavy atom. The number of amides is 1. The van der Waals surface area contributed by atoms with Crippen LogP contribution in [0.4, 0.5) is 28.1 Å². The molecule has 0 atom stereocenters. The smallest absolute Gasteiger partial charge is 0.415 e. The summed E-state index contributed by atoms with van der Waals surface area (Å²) in [6.45, 7) is 2.06. The molecule has 12 heteroatoms. The zero-order valence-electron chi connectivity index (χ0n) is 17.4. The van der Waals surface area contributed by atoms with Crippen molar-refractivity contribution in [2.24, 2.45) is 0 Å². The van der Waals surface area contributed by atoms with Crippen LogP contribution < -0.4 is 20.7 Å². The van der Waals surface area contributed by atoms with Gasteiger partial charge < -0.3 is 25.6 Å². The maximum atomic E-state index is 12.7. The number of rotatable bonds is 11. The number of hydrogen-bond donors (Lipinski definition) is 3. The molecular formula is C19H26N6O6. The van der Waals surface area contributed by atoms with Gasteiger partial charge >= 0.3 is 11.8 Å². The van der Waals surface area contributed by atoms with Crippen molar-refractivity contribution in [3.63, 3.8) is 0 Å². The van der Waals surface area contributed by atoms with Gasteiger partial charge in [-0.1, -0.05) is 12.1 Å². The largest absolute Gasteiger partial charge is 0.497 e. The van der Waals surface area contributed by atoms with Crippen molar-refractivity contribution < 1.29 is 24.3 Å². The first-order valence-corrected chi connectivity index (χ1v) is 9.65. The minimum atomic E-state index is -0.822. The molecule has 2 rings (SSSR count). The first kappa shape index (κ1) is 23.6. The third kappa shape index (κ3) is 6.40. The number of aromatic nitrogens is 2. The highest BCUT2D eigenvalue weighted by Gasteiger charge is 2.32. The van der Waals surface area contributed by atoms with Gasteiger partial charge in [-0.15, -0.1) is 0 Å². The van der Waals surface area contributed by atoms with Crippen molar-refractivity contribution in [2.45, 2.75) is 26.3 Å². The summed E-state index contributed by atoms with van der Waals surface area (Å²) in [7, 11) is 1.51. The lowest BCUT2D eigenvalue weighted by Gasteiger charge is -2.22. The molecule has 0 radical (unpaired) electrons. The van der Waals surface area contributed by atoms with Gasteiger partial charge in [0.25, 0.3) is 0 Å². The lowest BCUT2D eigenvalue weighted by atomic mass is 10.2. The van der Waals surface area contributed by atoms with E-state index < -0.39 is 16.7 Å². The van der Waals surface area contributed by atoms with E-state index in [1.807, 2.05) is 0 Å². The summed E-state index contributed by atoms with van der Waals surface area (Å²) in [5.41, 5.74) is 5.87. The number of nitro groups is 1. The third-order valence-electron chi connectivity index (χ3n) is 4.16. The van der Waals surface area contributed by atoms with Crippen molar-refractivity contribution in [3.05, 3.63) is 39.9 Å². The zero-order chi connectivity index (χ0) is 22.8. The number of benzene rings is 1. The number of aliphatic hydroxyl groups is 1. The molecular weight excluding hydrogens is 408 g/mol. The summed E-state index contributed by atoms with van der Waals surface area (Å²) < 4.78 is 10.3. The summed E-state index contributed by atoms with van der Waals surface area (Å²) in [6.07, 6.45) is 0.364. The van der Waals surface area contributed by atoms with Crippen LogP contribution in [0.25, 0.3) is 0 Å². The predicted molar refractivity (Wildman–Crippen MR) is 114 cm³/mol. The number of unbranched alkanes of at least 4 members (excludes halogenated alkanes) is 1. The van der Waals surface area contributed by atoms with Gasteiger partial charge in [-0.25, -0.2) is 4.79 Å². The molecule has 0 saturated carbocycles. The number of carbonyl (C=O) groups excluding carboxylic acids is 1.